The molecule has 4 saturated carbocycles. The van der Waals surface area contributed by atoms with Gasteiger partial charge in [0.25, 0.3) is 0 Å². The summed E-state index contributed by atoms with van der Waals surface area (Å²) in [5, 5.41) is 14.2. The third-order valence-electron chi connectivity index (χ3n) is 6.60. The molecule has 0 saturated heterocycles. The number of carboxylic acids is 1. The van der Waals surface area contributed by atoms with Crippen LogP contribution in [0.5, 0.6) is 0 Å². The van der Waals surface area contributed by atoms with Gasteiger partial charge in [-0.25, -0.2) is 0 Å². The van der Waals surface area contributed by atoms with E-state index in [-0.39, 0.29) is 17.7 Å². The largest absolute Gasteiger partial charge is 0.548 e. The van der Waals surface area contributed by atoms with E-state index in [1.54, 1.807) is 0 Å². The van der Waals surface area contributed by atoms with E-state index in [0.717, 1.165) is 42.6 Å². The Morgan fingerprint density at radius 1 is 1.04 bits per heavy atom. The van der Waals surface area contributed by atoms with Gasteiger partial charge in [0.2, 0.25) is 5.91 Å². The molecular weight excluding hydrogens is 314 g/mol. The molecule has 4 aliphatic carbocycles. The highest BCUT2D eigenvalue weighted by Crippen LogP contribution is 2.61. The van der Waals surface area contributed by atoms with Crippen LogP contribution in [0.2, 0.25) is 0 Å². The van der Waals surface area contributed by atoms with Crippen LogP contribution in [-0.2, 0) is 16.0 Å². The number of amides is 1. The van der Waals surface area contributed by atoms with Crippen LogP contribution in [0.25, 0.3) is 0 Å². The molecule has 1 N–H and O–H groups in total. The molecule has 1 atom stereocenters. The average molecular weight is 340 g/mol. The zero-order valence-corrected chi connectivity index (χ0v) is 14.6. The van der Waals surface area contributed by atoms with Crippen LogP contribution in [0.4, 0.5) is 0 Å². The first-order chi connectivity index (χ1) is 12.0. The van der Waals surface area contributed by atoms with Crippen LogP contribution in [0.15, 0.2) is 30.3 Å². The van der Waals surface area contributed by atoms with E-state index >= 15 is 0 Å². The minimum absolute atomic E-state index is 0.118. The third kappa shape index (κ3) is 3.58. The molecule has 1 amide bonds. The van der Waals surface area contributed by atoms with Gasteiger partial charge in [-0.15, -0.1) is 0 Å². The van der Waals surface area contributed by atoms with Crippen molar-refractivity contribution in [3.63, 3.8) is 0 Å². The van der Waals surface area contributed by atoms with E-state index < -0.39 is 12.0 Å². The number of benzene rings is 1. The Balaban J connectivity index is 1.39. The second kappa shape index (κ2) is 6.47. The Bertz CT molecular complexity index is 619. The van der Waals surface area contributed by atoms with Crippen molar-refractivity contribution >= 4 is 11.9 Å². The molecule has 4 aliphatic rings. The molecule has 4 heteroatoms. The van der Waals surface area contributed by atoms with E-state index in [2.05, 4.69) is 5.32 Å². The summed E-state index contributed by atoms with van der Waals surface area (Å²) in [5.74, 6) is 1.05. The van der Waals surface area contributed by atoms with Crippen molar-refractivity contribution in [2.75, 3.05) is 0 Å². The number of hydrogen-bond donors (Lipinski definition) is 1. The van der Waals surface area contributed by atoms with Crippen molar-refractivity contribution in [1.82, 2.24) is 5.32 Å². The standard InChI is InChI=1S/C21H27NO3/c23-19(22-18(20(24)25)9-14-4-2-1-3-5-14)13-21-10-15-6-16(11-21)8-17(7-15)12-21/h1-5,15-18H,6-13H2,(H,22,23)(H,24,25)/p-1/t15?,16?,17?,18-,21?/m1/s1. The monoisotopic (exact) mass is 340 g/mol. The SMILES string of the molecule is O=C(CC12CC3CC(CC(C3)C1)C2)N[C@H](Cc1ccccc1)C(=O)[O-]. The van der Waals surface area contributed by atoms with Crippen LogP contribution in [0.3, 0.4) is 0 Å². The second-order valence-corrected chi connectivity index (χ2v) is 8.72. The van der Waals surface area contributed by atoms with Gasteiger partial charge in [0.05, 0.1) is 12.0 Å². The minimum Gasteiger partial charge on any atom is -0.548 e. The summed E-state index contributed by atoms with van der Waals surface area (Å²) in [6.07, 6.45) is 8.25. The van der Waals surface area contributed by atoms with Gasteiger partial charge >= 0.3 is 0 Å². The number of carbonyl (C=O) groups is 2. The Labute approximate surface area is 149 Å². The lowest BCUT2D eigenvalue weighted by molar-refractivity contribution is -0.308. The molecule has 0 spiro atoms. The summed E-state index contributed by atoms with van der Waals surface area (Å²) >= 11 is 0. The summed E-state index contributed by atoms with van der Waals surface area (Å²) < 4.78 is 0. The summed E-state index contributed by atoms with van der Waals surface area (Å²) in [5.41, 5.74) is 1.02. The van der Waals surface area contributed by atoms with Crippen molar-refractivity contribution in [1.29, 1.82) is 0 Å². The van der Waals surface area contributed by atoms with Crippen LogP contribution in [0, 0.1) is 23.2 Å². The number of rotatable bonds is 6. The van der Waals surface area contributed by atoms with Crippen molar-refractivity contribution in [3.05, 3.63) is 35.9 Å². The van der Waals surface area contributed by atoms with Crippen LogP contribution >= 0.6 is 0 Å². The fourth-order valence-electron chi connectivity index (χ4n) is 6.14. The molecule has 0 heterocycles. The summed E-state index contributed by atoms with van der Waals surface area (Å²) in [7, 11) is 0. The molecular formula is C21H26NO3-. The smallest absolute Gasteiger partial charge is 0.221 e. The van der Waals surface area contributed by atoms with E-state index in [9.17, 15) is 14.7 Å². The predicted octanol–water partition coefficient (Wildman–Crippen LogP) is 2.07. The van der Waals surface area contributed by atoms with Crippen LogP contribution in [0.1, 0.15) is 50.5 Å². The molecule has 25 heavy (non-hydrogen) atoms. The average Bonchev–Trinajstić information content (AvgIpc) is 2.53. The maximum absolute atomic E-state index is 12.6. The highest BCUT2D eigenvalue weighted by Gasteiger charge is 2.51. The van der Waals surface area contributed by atoms with Crippen molar-refractivity contribution < 1.29 is 14.7 Å². The first-order valence-corrected chi connectivity index (χ1v) is 9.55. The zero-order chi connectivity index (χ0) is 17.4. The van der Waals surface area contributed by atoms with Gasteiger partial charge in [-0.05, 0) is 73.7 Å². The Morgan fingerprint density at radius 3 is 2.12 bits per heavy atom. The summed E-state index contributed by atoms with van der Waals surface area (Å²) in [6, 6.07) is 8.44. The molecule has 4 fully saturated rings. The van der Waals surface area contributed by atoms with E-state index in [0.29, 0.717) is 6.42 Å². The molecule has 5 rings (SSSR count). The first-order valence-electron chi connectivity index (χ1n) is 9.55. The molecule has 1 aromatic carbocycles. The molecule has 0 unspecified atom stereocenters. The number of nitrogens with one attached hydrogen (secondary N) is 1. The number of hydrogen-bond acceptors (Lipinski definition) is 3. The highest BCUT2D eigenvalue weighted by molar-refractivity contribution is 5.83. The fourth-order valence-corrected chi connectivity index (χ4v) is 6.14. The zero-order valence-electron chi connectivity index (χ0n) is 14.6. The Hall–Kier alpha value is -1.84. The van der Waals surface area contributed by atoms with Gasteiger partial charge in [-0.2, -0.15) is 0 Å². The molecule has 0 aliphatic heterocycles. The minimum atomic E-state index is -1.21. The normalized spacial score (nSPS) is 33.8. The predicted molar refractivity (Wildman–Crippen MR) is 92.3 cm³/mol. The Morgan fingerprint density at radius 2 is 1.60 bits per heavy atom. The molecule has 4 nitrogen and oxygen atoms in total. The number of aliphatic carboxylic acids is 1. The summed E-state index contributed by atoms with van der Waals surface area (Å²) in [4.78, 5) is 24.1. The lowest BCUT2D eigenvalue weighted by Gasteiger charge is -2.56. The molecule has 0 aromatic heterocycles. The van der Waals surface area contributed by atoms with Crippen molar-refractivity contribution in [2.24, 2.45) is 23.2 Å². The van der Waals surface area contributed by atoms with E-state index in [1.165, 1.54) is 19.3 Å². The van der Waals surface area contributed by atoms with Gasteiger partial charge in [0.15, 0.2) is 0 Å². The molecule has 134 valence electrons. The van der Waals surface area contributed by atoms with Gasteiger partial charge in [-0.3, -0.25) is 4.79 Å². The Kier molecular flexibility index (Phi) is 4.30. The topological polar surface area (TPSA) is 69.2 Å². The number of carboxylic acid groups (broad SMARTS) is 1. The van der Waals surface area contributed by atoms with Gasteiger partial charge < -0.3 is 15.2 Å². The van der Waals surface area contributed by atoms with Crippen LogP contribution < -0.4 is 10.4 Å². The summed E-state index contributed by atoms with van der Waals surface area (Å²) in [6.45, 7) is 0. The quantitative estimate of drug-likeness (QED) is 0.862. The maximum Gasteiger partial charge on any atom is 0.221 e. The van der Waals surface area contributed by atoms with Crippen molar-refractivity contribution in [3.8, 4) is 0 Å². The lowest BCUT2D eigenvalue weighted by Crippen LogP contribution is -2.52. The van der Waals surface area contributed by atoms with Crippen LogP contribution in [-0.4, -0.2) is 17.9 Å². The third-order valence-corrected chi connectivity index (χ3v) is 6.60. The van der Waals surface area contributed by atoms with E-state index in [4.69, 9.17) is 0 Å². The second-order valence-electron chi connectivity index (χ2n) is 8.72. The number of carbonyl (C=O) groups excluding carboxylic acids is 2. The van der Waals surface area contributed by atoms with Gasteiger partial charge in [0, 0.05) is 6.42 Å². The van der Waals surface area contributed by atoms with E-state index in [1.807, 2.05) is 30.3 Å². The van der Waals surface area contributed by atoms with Gasteiger partial charge in [0.1, 0.15) is 0 Å². The fraction of sp³-hybridized carbons (Fsp3) is 0.619. The molecule has 0 radical (unpaired) electrons. The highest BCUT2D eigenvalue weighted by atomic mass is 16.4. The van der Waals surface area contributed by atoms with Crippen molar-refractivity contribution in [2.45, 2.75) is 57.4 Å². The maximum atomic E-state index is 12.6. The molecule has 4 bridgehead atoms. The lowest BCUT2D eigenvalue weighted by atomic mass is 9.49. The van der Waals surface area contributed by atoms with Gasteiger partial charge in [-0.1, -0.05) is 30.3 Å². The molecule has 1 aromatic rings. The first kappa shape index (κ1) is 16.6.